The zero-order chi connectivity index (χ0) is 12.5. The standard InChI is InChI=1S/C14H18ClFO/c1-10-8-11(4-5-13(10)16)12(15)9-14(17-2)6-3-7-14/h4-5,8,12H,3,6-7,9H2,1-2H3. The average Bonchev–Trinajstić information content (AvgIpc) is 2.27. The second-order valence-corrected chi connectivity index (χ2v) is 5.45. The Bertz CT molecular complexity index is 396. The van der Waals surface area contributed by atoms with E-state index >= 15 is 0 Å². The Morgan fingerprint density at radius 1 is 1.47 bits per heavy atom. The molecule has 0 saturated heterocycles. The highest BCUT2D eigenvalue weighted by molar-refractivity contribution is 6.20. The van der Waals surface area contributed by atoms with Crippen molar-refractivity contribution >= 4 is 11.6 Å². The zero-order valence-corrected chi connectivity index (χ0v) is 11.1. The smallest absolute Gasteiger partial charge is 0.126 e. The number of rotatable bonds is 4. The van der Waals surface area contributed by atoms with E-state index in [1.54, 1.807) is 20.1 Å². The molecular weight excluding hydrogens is 239 g/mol. The molecule has 1 aromatic carbocycles. The van der Waals surface area contributed by atoms with Crippen LogP contribution in [0.5, 0.6) is 0 Å². The highest BCUT2D eigenvalue weighted by atomic mass is 35.5. The number of hydrogen-bond acceptors (Lipinski definition) is 1. The maximum Gasteiger partial charge on any atom is 0.126 e. The fourth-order valence-electron chi connectivity index (χ4n) is 2.37. The third-order valence-electron chi connectivity index (χ3n) is 3.79. The number of ether oxygens (including phenoxy) is 1. The molecule has 1 aromatic rings. The van der Waals surface area contributed by atoms with E-state index in [4.69, 9.17) is 16.3 Å². The summed E-state index contributed by atoms with van der Waals surface area (Å²) in [5, 5.41) is -0.102. The van der Waals surface area contributed by atoms with Crippen LogP contribution in [0.3, 0.4) is 0 Å². The van der Waals surface area contributed by atoms with Crippen LogP contribution in [0.15, 0.2) is 18.2 Å². The minimum absolute atomic E-state index is 0.0469. The summed E-state index contributed by atoms with van der Waals surface area (Å²) in [5.41, 5.74) is 1.58. The van der Waals surface area contributed by atoms with Gasteiger partial charge in [-0.1, -0.05) is 12.1 Å². The lowest BCUT2D eigenvalue weighted by Gasteiger charge is -2.41. The number of halogens is 2. The maximum atomic E-state index is 13.2. The van der Waals surface area contributed by atoms with Gasteiger partial charge in [0.2, 0.25) is 0 Å². The van der Waals surface area contributed by atoms with E-state index < -0.39 is 0 Å². The Morgan fingerprint density at radius 3 is 2.65 bits per heavy atom. The van der Waals surface area contributed by atoms with Gasteiger partial charge in [-0.25, -0.2) is 4.39 Å². The third kappa shape index (κ3) is 2.63. The van der Waals surface area contributed by atoms with Gasteiger partial charge in [0, 0.05) is 7.11 Å². The first-order valence-electron chi connectivity index (χ1n) is 6.02. The average molecular weight is 257 g/mol. The van der Waals surface area contributed by atoms with Gasteiger partial charge >= 0.3 is 0 Å². The quantitative estimate of drug-likeness (QED) is 0.727. The van der Waals surface area contributed by atoms with Crippen molar-refractivity contribution in [2.24, 2.45) is 0 Å². The molecule has 94 valence electrons. The largest absolute Gasteiger partial charge is 0.378 e. The summed E-state index contributed by atoms with van der Waals surface area (Å²) in [4.78, 5) is 0. The fourth-order valence-corrected chi connectivity index (χ4v) is 2.79. The SMILES string of the molecule is COC1(CC(Cl)c2ccc(F)c(C)c2)CCC1. The molecule has 17 heavy (non-hydrogen) atoms. The molecule has 3 heteroatoms. The first-order valence-corrected chi connectivity index (χ1v) is 6.45. The topological polar surface area (TPSA) is 9.23 Å². The molecular formula is C14H18ClFO. The molecule has 0 aliphatic heterocycles. The summed E-state index contributed by atoms with van der Waals surface area (Å²) >= 11 is 6.40. The summed E-state index contributed by atoms with van der Waals surface area (Å²) in [5.74, 6) is -0.178. The van der Waals surface area contributed by atoms with Crippen LogP contribution in [0.4, 0.5) is 4.39 Å². The number of methoxy groups -OCH3 is 1. The van der Waals surface area contributed by atoms with Crippen LogP contribution in [0.2, 0.25) is 0 Å². The van der Waals surface area contributed by atoms with E-state index in [-0.39, 0.29) is 16.8 Å². The van der Waals surface area contributed by atoms with Gasteiger partial charge in [0.15, 0.2) is 0 Å². The van der Waals surface area contributed by atoms with E-state index in [1.807, 2.05) is 6.07 Å². The van der Waals surface area contributed by atoms with Crippen LogP contribution in [-0.4, -0.2) is 12.7 Å². The van der Waals surface area contributed by atoms with Gasteiger partial charge in [0.1, 0.15) is 5.82 Å². The monoisotopic (exact) mass is 256 g/mol. The highest BCUT2D eigenvalue weighted by Crippen LogP contribution is 2.43. The molecule has 0 heterocycles. The second kappa shape index (κ2) is 4.95. The molecule has 1 unspecified atom stereocenters. The van der Waals surface area contributed by atoms with Crippen molar-refractivity contribution in [3.05, 3.63) is 35.1 Å². The molecule has 0 bridgehead atoms. The predicted octanol–water partition coefficient (Wildman–Crippen LogP) is 4.37. The maximum absolute atomic E-state index is 13.2. The van der Waals surface area contributed by atoms with Crippen molar-refractivity contribution in [1.29, 1.82) is 0 Å². The molecule has 1 aliphatic carbocycles. The van der Waals surface area contributed by atoms with E-state index in [9.17, 15) is 4.39 Å². The number of aryl methyl sites for hydroxylation is 1. The summed E-state index contributed by atoms with van der Waals surface area (Å²) in [6.07, 6.45) is 4.16. The number of hydrogen-bond donors (Lipinski definition) is 0. The molecule has 0 N–H and O–H groups in total. The summed E-state index contributed by atoms with van der Waals surface area (Å²) < 4.78 is 18.7. The highest BCUT2D eigenvalue weighted by Gasteiger charge is 2.38. The van der Waals surface area contributed by atoms with E-state index in [0.29, 0.717) is 5.56 Å². The molecule has 1 saturated carbocycles. The lowest BCUT2D eigenvalue weighted by Crippen LogP contribution is -2.39. The number of benzene rings is 1. The normalized spacial score (nSPS) is 19.8. The van der Waals surface area contributed by atoms with Gasteiger partial charge in [0.25, 0.3) is 0 Å². The first-order chi connectivity index (χ1) is 8.06. The number of alkyl halides is 1. The van der Waals surface area contributed by atoms with Gasteiger partial charge in [0.05, 0.1) is 11.0 Å². The van der Waals surface area contributed by atoms with E-state index in [1.165, 1.54) is 12.5 Å². The Morgan fingerprint density at radius 2 is 2.18 bits per heavy atom. The molecule has 1 atom stereocenters. The molecule has 2 rings (SSSR count). The Labute approximate surface area is 107 Å². The molecule has 1 nitrogen and oxygen atoms in total. The Kier molecular flexibility index (Phi) is 3.74. The lowest BCUT2D eigenvalue weighted by atomic mass is 9.76. The van der Waals surface area contributed by atoms with Crippen LogP contribution in [0, 0.1) is 12.7 Å². The van der Waals surface area contributed by atoms with Crippen molar-refractivity contribution in [2.45, 2.75) is 43.6 Å². The van der Waals surface area contributed by atoms with Gasteiger partial charge in [-0.05, 0) is 49.8 Å². The van der Waals surface area contributed by atoms with Crippen LogP contribution in [-0.2, 0) is 4.74 Å². The molecule has 0 amide bonds. The summed E-state index contributed by atoms with van der Waals surface area (Å²) in [7, 11) is 1.75. The van der Waals surface area contributed by atoms with Crippen molar-refractivity contribution in [2.75, 3.05) is 7.11 Å². The van der Waals surface area contributed by atoms with Crippen LogP contribution in [0.25, 0.3) is 0 Å². The van der Waals surface area contributed by atoms with Gasteiger partial charge < -0.3 is 4.74 Å². The van der Waals surface area contributed by atoms with Gasteiger partial charge in [-0.3, -0.25) is 0 Å². The second-order valence-electron chi connectivity index (χ2n) is 4.92. The molecule has 0 radical (unpaired) electrons. The molecule has 0 aromatic heterocycles. The molecule has 1 fully saturated rings. The molecule has 0 spiro atoms. The first kappa shape index (κ1) is 12.8. The lowest BCUT2D eigenvalue weighted by molar-refractivity contribution is -0.0780. The fraction of sp³-hybridized carbons (Fsp3) is 0.571. The van der Waals surface area contributed by atoms with E-state index in [0.717, 1.165) is 24.8 Å². The van der Waals surface area contributed by atoms with Crippen LogP contribution >= 0.6 is 11.6 Å². The Hall–Kier alpha value is -0.600. The van der Waals surface area contributed by atoms with Gasteiger partial charge in [-0.15, -0.1) is 11.6 Å². The minimum Gasteiger partial charge on any atom is -0.378 e. The summed E-state index contributed by atoms with van der Waals surface area (Å²) in [6.45, 7) is 1.76. The summed E-state index contributed by atoms with van der Waals surface area (Å²) in [6, 6.07) is 5.08. The predicted molar refractivity (Wildman–Crippen MR) is 67.9 cm³/mol. The zero-order valence-electron chi connectivity index (χ0n) is 10.3. The third-order valence-corrected chi connectivity index (χ3v) is 4.20. The minimum atomic E-state index is -0.178. The van der Waals surface area contributed by atoms with Gasteiger partial charge in [-0.2, -0.15) is 0 Å². The van der Waals surface area contributed by atoms with Crippen molar-refractivity contribution in [1.82, 2.24) is 0 Å². The van der Waals surface area contributed by atoms with Crippen LogP contribution in [0.1, 0.15) is 42.2 Å². The van der Waals surface area contributed by atoms with Crippen LogP contribution < -0.4 is 0 Å². The Balaban J connectivity index is 2.08. The van der Waals surface area contributed by atoms with Crippen molar-refractivity contribution in [3.8, 4) is 0 Å². The molecule has 1 aliphatic rings. The van der Waals surface area contributed by atoms with Crippen molar-refractivity contribution < 1.29 is 9.13 Å². The van der Waals surface area contributed by atoms with E-state index in [2.05, 4.69) is 0 Å². The van der Waals surface area contributed by atoms with Crippen molar-refractivity contribution in [3.63, 3.8) is 0 Å².